The number of aromatic nitrogens is 1. The number of nitrogens with zero attached hydrogens (tertiary/aromatic N) is 1. The Morgan fingerprint density at radius 2 is 2.11 bits per heavy atom. The summed E-state index contributed by atoms with van der Waals surface area (Å²) in [6.45, 7) is 0. The van der Waals surface area contributed by atoms with Gasteiger partial charge in [0, 0.05) is 0 Å². The van der Waals surface area contributed by atoms with Crippen molar-refractivity contribution in [2.75, 3.05) is 7.11 Å². The largest absolute Gasteiger partial charge is 0.496 e. The van der Waals surface area contributed by atoms with E-state index in [0.717, 1.165) is 11.3 Å². The fraction of sp³-hybridized carbons (Fsp3) is 0.214. The summed E-state index contributed by atoms with van der Waals surface area (Å²) >= 11 is 0. The van der Waals surface area contributed by atoms with Gasteiger partial charge in [-0.25, -0.2) is 4.39 Å². The molecule has 0 aliphatic carbocycles. The van der Waals surface area contributed by atoms with E-state index in [1.807, 2.05) is 24.3 Å². The molecule has 1 heterocycles. The third-order valence-corrected chi connectivity index (χ3v) is 2.93. The Balaban J connectivity index is 2.21. The summed E-state index contributed by atoms with van der Waals surface area (Å²) in [4.78, 5) is 4.04. The minimum Gasteiger partial charge on any atom is -0.496 e. The maximum atomic E-state index is 12.9. The monoisotopic (exact) mass is 261 g/mol. The van der Waals surface area contributed by atoms with Gasteiger partial charge >= 0.3 is 0 Å². The highest BCUT2D eigenvalue weighted by molar-refractivity contribution is 5.34. The van der Waals surface area contributed by atoms with Gasteiger partial charge in [0.1, 0.15) is 11.6 Å². The standard InChI is InChI=1S/C14H16FN3O/c1-19-14-5-3-2-4-10(14)8-13(18-16)12-7-6-11(15)9-17-12/h2-7,9,13,18H,8,16H2,1H3. The molecule has 1 aromatic heterocycles. The molecule has 19 heavy (non-hydrogen) atoms. The normalized spacial score (nSPS) is 12.2. The zero-order chi connectivity index (χ0) is 13.7. The maximum Gasteiger partial charge on any atom is 0.141 e. The van der Waals surface area contributed by atoms with Gasteiger partial charge in [-0.3, -0.25) is 16.3 Å². The van der Waals surface area contributed by atoms with Crippen molar-refractivity contribution in [3.63, 3.8) is 0 Å². The SMILES string of the molecule is COc1ccccc1CC(NN)c1ccc(F)cn1. The molecule has 1 aromatic carbocycles. The summed E-state index contributed by atoms with van der Waals surface area (Å²) < 4.78 is 18.2. The second kappa shape index (κ2) is 6.26. The molecule has 0 radical (unpaired) electrons. The fourth-order valence-corrected chi connectivity index (χ4v) is 1.93. The summed E-state index contributed by atoms with van der Waals surface area (Å²) in [5, 5.41) is 0. The van der Waals surface area contributed by atoms with Crippen LogP contribution in [0.2, 0.25) is 0 Å². The van der Waals surface area contributed by atoms with Crippen LogP contribution in [0.25, 0.3) is 0 Å². The predicted molar refractivity (Wildman–Crippen MR) is 71.0 cm³/mol. The number of benzene rings is 1. The van der Waals surface area contributed by atoms with Crippen LogP contribution in [0, 0.1) is 5.82 Å². The number of halogens is 1. The van der Waals surface area contributed by atoms with E-state index in [9.17, 15) is 4.39 Å². The lowest BCUT2D eigenvalue weighted by molar-refractivity contribution is 0.405. The molecule has 4 nitrogen and oxygen atoms in total. The number of nitrogens with one attached hydrogen (secondary N) is 1. The van der Waals surface area contributed by atoms with Crippen LogP contribution in [0.1, 0.15) is 17.3 Å². The lowest BCUT2D eigenvalue weighted by Gasteiger charge is -2.17. The maximum absolute atomic E-state index is 12.9. The number of hydrogen-bond donors (Lipinski definition) is 2. The zero-order valence-electron chi connectivity index (χ0n) is 10.6. The van der Waals surface area contributed by atoms with E-state index in [-0.39, 0.29) is 11.9 Å². The third-order valence-electron chi connectivity index (χ3n) is 2.93. The van der Waals surface area contributed by atoms with Gasteiger partial charge in [0.2, 0.25) is 0 Å². The second-order valence-corrected chi connectivity index (χ2v) is 4.14. The molecular weight excluding hydrogens is 245 g/mol. The number of ether oxygens (including phenoxy) is 1. The number of pyridine rings is 1. The minimum absolute atomic E-state index is 0.197. The summed E-state index contributed by atoms with van der Waals surface area (Å²) in [6, 6.07) is 10.5. The summed E-state index contributed by atoms with van der Waals surface area (Å²) in [5.74, 6) is 5.99. The predicted octanol–water partition coefficient (Wildman–Crippen LogP) is 1.98. The lowest BCUT2D eigenvalue weighted by atomic mass is 10.0. The van der Waals surface area contributed by atoms with Gasteiger partial charge in [-0.1, -0.05) is 18.2 Å². The summed E-state index contributed by atoms with van der Waals surface area (Å²) in [6.07, 6.45) is 1.79. The first-order chi connectivity index (χ1) is 9.24. The van der Waals surface area contributed by atoms with Gasteiger partial charge < -0.3 is 4.74 Å². The van der Waals surface area contributed by atoms with Crippen LogP contribution >= 0.6 is 0 Å². The van der Waals surface area contributed by atoms with Crippen molar-refractivity contribution in [3.05, 3.63) is 59.7 Å². The third kappa shape index (κ3) is 3.27. The van der Waals surface area contributed by atoms with E-state index < -0.39 is 0 Å². The number of hydrogen-bond acceptors (Lipinski definition) is 4. The van der Waals surface area contributed by atoms with Crippen LogP contribution in [0.5, 0.6) is 5.75 Å². The van der Waals surface area contributed by atoms with Gasteiger partial charge in [0.05, 0.1) is 25.0 Å². The van der Waals surface area contributed by atoms with E-state index in [2.05, 4.69) is 10.4 Å². The molecule has 1 atom stereocenters. The Morgan fingerprint density at radius 1 is 1.32 bits per heavy atom. The van der Waals surface area contributed by atoms with Crippen molar-refractivity contribution in [1.29, 1.82) is 0 Å². The summed E-state index contributed by atoms with van der Waals surface area (Å²) in [5.41, 5.74) is 4.40. The van der Waals surface area contributed by atoms with Crippen LogP contribution in [-0.2, 0) is 6.42 Å². The van der Waals surface area contributed by atoms with Crippen molar-refractivity contribution < 1.29 is 9.13 Å². The first-order valence-corrected chi connectivity index (χ1v) is 5.94. The van der Waals surface area contributed by atoms with Crippen LogP contribution in [0.15, 0.2) is 42.6 Å². The van der Waals surface area contributed by atoms with E-state index in [1.54, 1.807) is 13.2 Å². The van der Waals surface area contributed by atoms with Crippen molar-refractivity contribution >= 4 is 0 Å². The average molecular weight is 261 g/mol. The Kier molecular flexibility index (Phi) is 4.43. The molecule has 1 unspecified atom stereocenters. The quantitative estimate of drug-likeness (QED) is 0.638. The molecule has 0 saturated heterocycles. The highest BCUT2D eigenvalue weighted by atomic mass is 19.1. The molecule has 0 aliphatic heterocycles. The highest BCUT2D eigenvalue weighted by Gasteiger charge is 2.14. The molecule has 0 spiro atoms. The van der Waals surface area contributed by atoms with Crippen molar-refractivity contribution in [3.8, 4) is 5.75 Å². The first-order valence-electron chi connectivity index (χ1n) is 5.94. The Morgan fingerprint density at radius 3 is 2.74 bits per heavy atom. The van der Waals surface area contributed by atoms with Gasteiger partial charge in [0.15, 0.2) is 0 Å². The Bertz CT molecular complexity index is 530. The molecular formula is C14H16FN3O. The van der Waals surface area contributed by atoms with Crippen molar-refractivity contribution in [2.45, 2.75) is 12.5 Å². The Labute approximate surface area is 111 Å². The number of nitrogens with two attached hydrogens (primary N) is 1. The van der Waals surface area contributed by atoms with Gasteiger partial charge in [-0.15, -0.1) is 0 Å². The molecule has 2 rings (SSSR count). The summed E-state index contributed by atoms with van der Waals surface area (Å²) in [7, 11) is 1.62. The molecule has 0 aliphatic rings. The lowest BCUT2D eigenvalue weighted by Crippen LogP contribution is -2.30. The van der Waals surface area contributed by atoms with Gasteiger partial charge in [-0.2, -0.15) is 0 Å². The second-order valence-electron chi connectivity index (χ2n) is 4.14. The number of rotatable bonds is 5. The molecule has 0 fully saturated rings. The molecule has 3 N–H and O–H groups in total. The molecule has 0 amide bonds. The van der Waals surface area contributed by atoms with Crippen LogP contribution in [-0.4, -0.2) is 12.1 Å². The van der Waals surface area contributed by atoms with Gasteiger partial charge in [-0.05, 0) is 30.2 Å². The van der Waals surface area contributed by atoms with E-state index in [4.69, 9.17) is 10.6 Å². The van der Waals surface area contributed by atoms with Crippen molar-refractivity contribution in [1.82, 2.24) is 10.4 Å². The molecule has 0 bridgehead atoms. The topological polar surface area (TPSA) is 60.2 Å². The zero-order valence-corrected chi connectivity index (χ0v) is 10.6. The van der Waals surface area contributed by atoms with Crippen molar-refractivity contribution in [2.24, 2.45) is 5.84 Å². The number of methoxy groups -OCH3 is 1. The van der Waals surface area contributed by atoms with Crippen LogP contribution in [0.3, 0.4) is 0 Å². The fourth-order valence-electron chi connectivity index (χ4n) is 1.93. The van der Waals surface area contributed by atoms with Crippen LogP contribution < -0.4 is 16.0 Å². The average Bonchev–Trinajstić information content (AvgIpc) is 2.46. The van der Waals surface area contributed by atoms with E-state index in [0.29, 0.717) is 12.1 Å². The highest BCUT2D eigenvalue weighted by Crippen LogP contribution is 2.23. The van der Waals surface area contributed by atoms with E-state index >= 15 is 0 Å². The van der Waals surface area contributed by atoms with Crippen LogP contribution in [0.4, 0.5) is 4.39 Å². The molecule has 0 saturated carbocycles. The number of hydrazine groups is 1. The Hall–Kier alpha value is -1.98. The minimum atomic E-state index is -0.364. The molecule has 5 heteroatoms. The smallest absolute Gasteiger partial charge is 0.141 e. The first kappa shape index (κ1) is 13.5. The number of para-hydroxylation sites is 1. The molecule has 2 aromatic rings. The van der Waals surface area contributed by atoms with Gasteiger partial charge in [0.25, 0.3) is 0 Å². The van der Waals surface area contributed by atoms with E-state index in [1.165, 1.54) is 12.3 Å². The molecule has 100 valence electrons.